The number of hydrogen-bond acceptors (Lipinski definition) is 1. The molecule has 1 saturated heterocycles. The standard InChI is InChI=1S/C10H13N/c1-9-7-8-11(9)10-5-3-2-4-6-10/h2-6,9H,7-8H2,1H3/t9-/m1/s1. The molecule has 1 aliphatic rings. The number of hydrogen-bond donors (Lipinski definition) is 0. The van der Waals surface area contributed by atoms with Gasteiger partial charge in [-0.15, -0.1) is 0 Å². The number of para-hydroxylation sites is 1. The quantitative estimate of drug-likeness (QED) is 0.589. The van der Waals surface area contributed by atoms with E-state index in [1.165, 1.54) is 18.7 Å². The summed E-state index contributed by atoms with van der Waals surface area (Å²) in [5.74, 6) is 0. The molecular weight excluding hydrogens is 134 g/mol. The molecule has 11 heavy (non-hydrogen) atoms. The molecule has 1 heteroatoms. The van der Waals surface area contributed by atoms with Crippen LogP contribution in [0.1, 0.15) is 13.3 Å². The van der Waals surface area contributed by atoms with Gasteiger partial charge in [-0.3, -0.25) is 0 Å². The van der Waals surface area contributed by atoms with Crippen LogP contribution >= 0.6 is 0 Å². The third-order valence-electron chi connectivity index (χ3n) is 2.41. The van der Waals surface area contributed by atoms with Gasteiger partial charge >= 0.3 is 0 Å². The molecule has 1 aromatic rings. The van der Waals surface area contributed by atoms with Crippen molar-refractivity contribution in [3.05, 3.63) is 30.3 Å². The van der Waals surface area contributed by atoms with E-state index in [1.807, 2.05) is 0 Å². The minimum absolute atomic E-state index is 0.748. The molecule has 0 spiro atoms. The van der Waals surface area contributed by atoms with E-state index in [-0.39, 0.29) is 0 Å². The van der Waals surface area contributed by atoms with Crippen molar-refractivity contribution in [2.75, 3.05) is 11.4 Å². The molecule has 1 aromatic carbocycles. The fourth-order valence-corrected chi connectivity index (χ4v) is 1.52. The number of nitrogens with zero attached hydrogens (tertiary/aromatic N) is 1. The minimum Gasteiger partial charge on any atom is -0.369 e. The normalized spacial score (nSPS) is 23.0. The van der Waals surface area contributed by atoms with Crippen LogP contribution in [0, 0.1) is 0 Å². The smallest absolute Gasteiger partial charge is 0.0368 e. The van der Waals surface area contributed by atoms with E-state index in [4.69, 9.17) is 0 Å². The summed E-state index contributed by atoms with van der Waals surface area (Å²) in [5.41, 5.74) is 1.37. The van der Waals surface area contributed by atoms with Gasteiger partial charge in [0.1, 0.15) is 0 Å². The molecule has 1 aliphatic heterocycles. The molecule has 1 fully saturated rings. The topological polar surface area (TPSA) is 3.24 Å². The Morgan fingerprint density at radius 1 is 1.27 bits per heavy atom. The average Bonchev–Trinajstić information content (AvgIpc) is 2.04. The van der Waals surface area contributed by atoms with E-state index in [1.54, 1.807) is 0 Å². The summed E-state index contributed by atoms with van der Waals surface area (Å²) in [6.45, 7) is 3.50. The highest BCUT2D eigenvalue weighted by Gasteiger charge is 2.22. The Morgan fingerprint density at radius 2 is 2.00 bits per heavy atom. The van der Waals surface area contributed by atoms with Gasteiger partial charge in [0.15, 0.2) is 0 Å². The first-order valence-corrected chi connectivity index (χ1v) is 4.19. The summed E-state index contributed by atoms with van der Waals surface area (Å²) >= 11 is 0. The molecule has 0 unspecified atom stereocenters. The van der Waals surface area contributed by atoms with Gasteiger partial charge in [-0.1, -0.05) is 18.2 Å². The molecule has 2 rings (SSSR count). The van der Waals surface area contributed by atoms with E-state index in [0.29, 0.717) is 0 Å². The zero-order valence-corrected chi connectivity index (χ0v) is 6.83. The van der Waals surface area contributed by atoms with Crippen LogP contribution in [0.15, 0.2) is 30.3 Å². The maximum Gasteiger partial charge on any atom is 0.0368 e. The third-order valence-corrected chi connectivity index (χ3v) is 2.41. The third kappa shape index (κ3) is 1.11. The second-order valence-corrected chi connectivity index (χ2v) is 3.17. The molecule has 1 atom stereocenters. The Bertz CT molecular complexity index is 230. The Kier molecular flexibility index (Phi) is 1.57. The summed E-state index contributed by atoms with van der Waals surface area (Å²) in [6, 6.07) is 11.4. The van der Waals surface area contributed by atoms with Crippen LogP contribution in [0.4, 0.5) is 5.69 Å². The van der Waals surface area contributed by atoms with Crippen molar-refractivity contribution in [1.29, 1.82) is 0 Å². The maximum absolute atomic E-state index is 2.43. The summed E-state index contributed by atoms with van der Waals surface area (Å²) in [4.78, 5) is 2.43. The van der Waals surface area contributed by atoms with Gasteiger partial charge in [0.2, 0.25) is 0 Å². The molecule has 0 N–H and O–H groups in total. The number of benzene rings is 1. The van der Waals surface area contributed by atoms with E-state index < -0.39 is 0 Å². The van der Waals surface area contributed by atoms with Gasteiger partial charge in [0.25, 0.3) is 0 Å². The lowest BCUT2D eigenvalue weighted by Crippen LogP contribution is -2.45. The van der Waals surface area contributed by atoms with Crippen LogP contribution < -0.4 is 4.90 Å². The van der Waals surface area contributed by atoms with Crippen molar-refractivity contribution in [3.8, 4) is 0 Å². The first kappa shape index (κ1) is 6.71. The summed E-state index contributed by atoms with van der Waals surface area (Å²) in [7, 11) is 0. The van der Waals surface area contributed by atoms with Gasteiger partial charge in [-0.25, -0.2) is 0 Å². The van der Waals surface area contributed by atoms with Gasteiger partial charge < -0.3 is 4.90 Å². The van der Waals surface area contributed by atoms with Crippen LogP contribution in [0.3, 0.4) is 0 Å². The summed E-state index contributed by atoms with van der Waals surface area (Å²) in [5, 5.41) is 0. The van der Waals surface area contributed by atoms with Gasteiger partial charge in [-0.05, 0) is 25.5 Å². The molecule has 58 valence electrons. The lowest BCUT2D eigenvalue weighted by atomic mass is 10.0. The Morgan fingerprint density at radius 3 is 2.45 bits per heavy atom. The fraction of sp³-hybridized carbons (Fsp3) is 0.400. The monoisotopic (exact) mass is 147 g/mol. The fourth-order valence-electron chi connectivity index (χ4n) is 1.52. The van der Waals surface area contributed by atoms with Crippen LogP contribution in [0.25, 0.3) is 0 Å². The van der Waals surface area contributed by atoms with Crippen LogP contribution in [-0.2, 0) is 0 Å². The van der Waals surface area contributed by atoms with E-state index in [0.717, 1.165) is 6.04 Å². The van der Waals surface area contributed by atoms with Crippen molar-refractivity contribution < 1.29 is 0 Å². The second-order valence-electron chi connectivity index (χ2n) is 3.17. The molecule has 1 nitrogen and oxygen atoms in total. The Balaban J connectivity index is 2.17. The van der Waals surface area contributed by atoms with E-state index >= 15 is 0 Å². The lowest BCUT2D eigenvalue weighted by Gasteiger charge is -2.40. The molecule has 0 bridgehead atoms. The highest BCUT2D eigenvalue weighted by molar-refractivity contribution is 5.49. The first-order chi connectivity index (χ1) is 5.38. The van der Waals surface area contributed by atoms with E-state index in [9.17, 15) is 0 Å². The maximum atomic E-state index is 2.43. The molecule has 1 heterocycles. The van der Waals surface area contributed by atoms with Crippen molar-refractivity contribution in [3.63, 3.8) is 0 Å². The lowest BCUT2D eigenvalue weighted by molar-refractivity contribution is 0.481. The van der Waals surface area contributed by atoms with Crippen molar-refractivity contribution in [2.24, 2.45) is 0 Å². The number of anilines is 1. The van der Waals surface area contributed by atoms with Crippen LogP contribution in [0.2, 0.25) is 0 Å². The summed E-state index contributed by atoms with van der Waals surface area (Å²) in [6.07, 6.45) is 1.34. The van der Waals surface area contributed by atoms with Crippen molar-refractivity contribution in [1.82, 2.24) is 0 Å². The van der Waals surface area contributed by atoms with Crippen LogP contribution in [-0.4, -0.2) is 12.6 Å². The zero-order valence-electron chi connectivity index (χ0n) is 6.83. The largest absolute Gasteiger partial charge is 0.369 e. The predicted molar refractivity (Wildman–Crippen MR) is 47.9 cm³/mol. The first-order valence-electron chi connectivity index (χ1n) is 4.19. The van der Waals surface area contributed by atoms with Gasteiger partial charge in [-0.2, -0.15) is 0 Å². The van der Waals surface area contributed by atoms with E-state index in [2.05, 4.69) is 42.2 Å². The molecule has 0 amide bonds. The van der Waals surface area contributed by atoms with Crippen molar-refractivity contribution >= 4 is 5.69 Å². The molecule has 0 aliphatic carbocycles. The Hall–Kier alpha value is -0.980. The second kappa shape index (κ2) is 2.57. The zero-order chi connectivity index (χ0) is 7.68. The highest BCUT2D eigenvalue weighted by atomic mass is 15.2. The average molecular weight is 147 g/mol. The van der Waals surface area contributed by atoms with Crippen molar-refractivity contribution in [2.45, 2.75) is 19.4 Å². The number of rotatable bonds is 1. The SMILES string of the molecule is C[C@@H]1CCN1c1ccccc1. The van der Waals surface area contributed by atoms with Crippen LogP contribution in [0.5, 0.6) is 0 Å². The van der Waals surface area contributed by atoms with Gasteiger partial charge in [0.05, 0.1) is 0 Å². The highest BCUT2D eigenvalue weighted by Crippen LogP contribution is 2.24. The molecule has 0 saturated carbocycles. The minimum atomic E-state index is 0.748. The predicted octanol–water partition coefficient (Wildman–Crippen LogP) is 2.29. The Labute approximate surface area is 67.6 Å². The van der Waals surface area contributed by atoms with Gasteiger partial charge in [0, 0.05) is 18.3 Å². The summed E-state index contributed by atoms with van der Waals surface area (Å²) < 4.78 is 0. The molecular formula is C10H13N. The molecule has 0 aromatic heterocycles. The molecule has 0 radical (unpaired) electrons.